The van der Waals surface area contributed by atoms with Crippen LogP contribution in [0.3, 0.4) is 0 Å². The van der Waals surface area contributed by atoms with Crippen molar-refractivity contribution in [2.75, 3.05) is 30.8 Å². The van der Waals surface area contributed by atoms with Crippen LogP contribution < -0.4 is 10.6 Å². The second kappa shape index (κ2) is 7.45. The maximum Gasteiger partial charge on any atom is 0.245 e. The molecule has 1 aliphatic rings. The summed E-state index contributed by atoms with van der Waals surface area (Å²) in [7, 11) is 1.75. The number of nitrogens with zero attached hydrogens (tertiary/aromatic N) is 2. The minimum Gasteiger partial charge on any atom is -0.386 e. The summed E-state index contributed by atoms with van der Waals surface area (Å²) in [4.78, 5) is 25.9. The lowest BCUT2D eigenvalue weighted by atomic mass is 9.96. The van der Waals surface area contributed by atoms with Gasteiger partial charge in [0.25, 0.3) is 0 Å². The highest BCUT2D eigenvalue weighted by atomic mass is 16.2. The SMILES string of the molecule is C=CC(=O)N1CCCC(C(=O)Nc2cc(C#N)ccc2NC)C1. The summed E-state index contributed by atoms with van der Waals surface area (Å²) >= 11 is 0. The predicted octanol–water partition coefficient (Wildman–Crippen LogP) is 1.96. The molecule has 0 saturated carbocycles. The van der Waals surface area contributed by atoms with Crippen LogP contribution in [0.25, 0.3) is 0 Å². The van der Waals surface area contributed by atoms with Gasteiger partial charge in [0, 0.05) is 20.1 Å². The monoisotopic (exact) mass is 312 g/mol. The number of rotatable bonds is 4. The highest BCUT2D eigenvalue weighted by molar-refractivity contribution is 5.96. The highest BCUT2D eigenvalue weighted by Gasteiger charge is 2.27. The van der Waals surface area contributed by atoms with Crippen molar-refractivity contribution < 1.29 is 9.59 Å². The van der Waals surface area contributed by atoms with E-state index >= 15 is 0 Å². The summed E-state index contributed by atoms with van der Waals surface area (Å²) in [6.07, 6.45) is 2.80. The fraction of sp³-hybridized carbons (Fsp3) is 0.353. The second-order valence-electron chi connectivity index (χ2n) is 5.44. The van der Waals surface area contributed by atoms with Crippen LogP contribution in [0.1, 0.15) is 18.4 Å². The summed E-state index contributed by atoms with van der Waals surface area (Å²) in [6, 6.07) is 7.14. The number of likely N-dealkylation sites (tertiary alicyclic amines) is 1. The summed E-state index contributed by atoms with van der Waals surface area (Å²) in [5.74, 6) is -0.550. The molecule has 1 fully saturated rings. The highest BCUT2D eigenvalue weighted by Crippen LogP contribution is 2.25. The third-order valence-electron chi connectivity index (χ3n) is 3.95. The van der Waals surface area contributed by atoms with Crippen molar-refractivity contribution in [2.45, 2.75) is 12.8 Å². The number of amides is 2. The Bertz CT molecular complexity index is 663. The van der Waals surface area contributed by atoms with Crippen molar-refractivity contribution in [3.63, 3.8) is 0 Å². The molecule has 0 aliphatic carbocycles. The molecule has 0 bridgehead atoms. The Kier molecular flexibility index (Phi) is 5.36. The molecule has 1 aromatic carbocycles. The zero-order valence-corrected chi connectivity index (χ0v) is 13.1. The molecule has 0 radical (unpaired) electrons. The first-order chi connectivity index (χ1) is 11.1. The maximum absolute atomic E-state index is 12.5. The van der Waals surface area contributed by atoms with E-state index in [1.54, 1.807) is 30.1 Å². The molecule has 120 valence electrons. The molecule has 2 rings (SSSR count). The number of benzene rings is 1. The van der Waals surface area contributed by atoms with E-state index in [0.29, 0.717) is 24.3 Å². The Hall–Kier alpha value is -2.81. The number of hydrogen-bond acceptors (Lipinski definition) is 4. The van der Waals surface area contributed by atoms with Crippen LogP contribution in [0.4, 0.5) is 11.4 Å². The lowest BCUT2D eigenvalue weighted by molar-refractivity contribution is -0.130. The van der Waals surface area contributed by atoms with E-state index in [4.69, 9.17) is 5.26 Å². The minimum atomic E-state index is -0.261. The van der Waals surface area contributed by atoms with Crippen LogP contribution in [-0.2, 0) is 9.59 Å². The molecular weight excluding hydrogens is 292 g/mol. The molecule has 23 heavy (non-hydrogen) atoms. The number of carbonyl (C=O) groups excluding carboxylic acids is 2. The number of anilines is 2. The number of carbonyl (C=O) groups is 2. The molecule has 0 aromatic heterocycles. The van der Waals surface area contributed by atoms with Gasteiger partial charge in [-0.15, -0.1) is 0 Å². The van der Waals surface area contributed by atoms with Crippen molar-refractivity contribution >= 4 is 23.2 Å². The van der Waals surface area contributed by atoms with Gasteiger partial charge in [0.2, 0.25) is 11.8 Å². The van der Waals surface area contributed by atoms with Crippen molar-refractivity contribution in [3.8, 4) is 6.07 Å². The maximum atomic E-state index is 12.5. The van der Waals surface area contributed by atoms with Crippen molar-refractivity contribution in [1.29, 1.82) is 5.26 Å². The Balaban J connectivity index is 2.11. The summed E-state index contributed by atoms with van der Waals surface area (Å²) in [6.45, 7) is 4.53. The van der Waals surface area contributed by atoms with Crippen LogP contribution >= 0.6 is 0 Å². The van der Waals surface area contributed by atoms with Crippen LogP contribution in [-0.4, -0.2) is 36.9 Å². The van der Waals surface area contributed by atoms with Gasteiger partial charge in [-0.05, 0) is 37.1 Å². The Labute approximate surface area is 135 Å². The van der Waals surface area contributed by atoms with E-state index in [1.807, 2.05) is 0 Å². The number of nitriles is 1. The average molecular weight is 312 g/mol. The predicted molar refractivity (Wildman–Crippen MR) is 88.8 cm³/mol. The molecule has 1 atom stereocenters. The summed E-state index contributed by atoms with van der Waals surface area (Å²) in [5.41, 5.74) is 1.79. The molecule has 1 unspecified atom stereocenters. The van der Waals surface area contributed by atoms with Crippen LogP contribution in [0, 0.1) is 17.2 Å². The van der Waals surface area contributed by atoms with E-state index in [1.165, 1.54) is 6.08 Å². The zero-order chi connectivity index (χ0) is 16.8. The Morgan fingerprint density at radius 2 is 2.22 bits per heavy atom. The molecule has 1 heterocycles. The third-order valence-corrected chi connectivity index (χ3v) is 3.95. The van der Waals surface area contributed by atoms with Gasteiger partial charge in [0.15, 0.2) is 0 Å². The van der Waals surface area contributed by atoms with Crippen LogP contribution in [0.5, 0.6) is 0 Å². The fourth-order valence-electron chi connectivity index (χ4n) is 2.69. The molecule has 2 N–H and O–H groups in total. The molecule has 1 aromatic rings. The summed E-state index contributed by atoms with van der Waals surface area (Å²) < 4.78 is 0. The normalized spacial score (nSPS) is 17.0. The van der Waals surface area contributed by atoms with E-state index in [-0.39, 0.29) is 17.7 Å². The van der Waals surface area contributed by atoms with Gasteiger partial charge in [-0.2, -0.15) is 5.26 Å². The second-order valence-corrected chi connectivity index (χ2v) is 5.44. The summed E-state index contributed by atoms with van der Waals surface area (Å²) in [5, 5.41) is 14.9. The molecule has 1 aliphatic heterocycles. The Morgan fingerprint density at radius 3 is 2.87 bits per heavy atom. The average Bonchev–Trinajstić information content (AvgIpc) is 2.60. The van der Waals surface area contributed by atoms with E-state index < -0.39 is 0 Å². The zero-order valence-electron chi connectivity index (χ0n) is 13.1. The number of nitrogens with one attached hydrogen (secondary N) is 2. The first-order valence-electron chi connectivity index (χ1n) is 7.53. The van der Waals surface area contributed by atoms with Crippen LogP contribution in [0.2, 0.25) is 0 Å². The van der Waals surface area contributed by atoms with Gasteiger partial charge in [0.1, 0.15) is 0 Å². The molecule has 0 spiro atoms. The smallest absolute Gasteiger partial charge is 0.245 e. The van der Waals surface area contributed by atoms with Crippen molar-refractivity contribution in [2.24, 2.45) is 5.92 Å². The largest absolute Gasteiger partial charge is 0.386 e. The quantitative estimate of drug-likeness (QED) is 0.832. The van der Waals surface area contributed by atoms with Gasteiger partial charge in [-0.25, -0.2) is 0 Å². The molecule has 6 nitrogen and oxygen atoms in total. The van der Waals surface area contributed by atoms with E-state index in [0.717, 1.165) is 18.5 Å². The van der Waals surface area contributed by atoms with Crippen molar-refractivity contribution in [1.82, 2.24) is 4.90 Å². The molecule has 6 heteroatoms. The standard InChI is InChI=1S/C17H20N4O2/c1-3-16(22)21-8-4-5-13(11-21)17(23)20-15-9-12(10-18)6-7-14(15)19-2/h3,6-7,9,13,19H,1,4-5,8,11H2,2H3,(H,20,23). The fourth-order valence-corrected chi connectivity index (χ4v) is 2.69. The van der Waals surface area contributed by atoms with Gasteiger partial charge < -0.3 is 15.5 Å². The van der Waals surface area contributed by atoms with Gasteiger partial charge in [0.05, 0.1) is 28.9 Å². The van der Waals surface area contributed by atoms with Gasteiger partial charge in [-0.1, -0.05) is 6.58 Å². The molecular formula is C17H20N4O2. The molecule has 2 amide bonds. The third kappa shape index (κ3) is 3.89. The van der Waals surface area contributed by atoms with Gasteiger partial charge in [-0.3, -0.25) is 9.59 Å². The first kappa shape index (κ1) is 16.6. The first-order valence-corrected chi connectivity index (χ1v) is 7.53. The van der Waals surface area contributed by atoms with E-state index in [2.05, 4.69) is 23.3 Å². The Morgan fingerprint density at radius 1 is 1.43 bits per heavy atom. The number of piperidine rings is 1. The minimum absolute atomic E-state index is 0.141. The molecule has 1 saturated heterocycles. The lowest BCUT2D eigenvalue weighted by Crippen LogP contribution is -2.43. The topological polar surface area (TPSA) is 85.2 Å². The number of hydrogen-bond donors (Lipinski definition) is 2. The van der Waals surface area contributed by atoms with E-state index in [9.17, 15) is 9.59 Å². The lowest BCUT2D eigenvalue weighted by Gasteiger charge is -2.31. The van der Waals surface area contributed by atoms with Gasteiger partial charge >= 0.3 is 0 Å². The van der Waals surface area contributed by atoms with Crippen molar-refractivity contribution in [3.05, 3.63) is 36.4 Å². The van der Waals surface area contributed by atoms with Crippen LogP contribution in [0.15, 0.2) is 30.9 Å².